The Hall–Kier alpha value is -8.74. The molecular weight excluding hydrogens is 1130 g/mol. The van der Waals surface area contributed by atoms with E-state index in [1.807, 2.05) is 30.3 Å². The van der Waals surface area contributed by atoms with Crippen LogP contribution in [0.5, 0.6) is 0 Å². The van der Waals surface area contributed by atoms with E-state index in [-0.39, 0.29) is 57.0 Å². The molecule has 0 bridgehead atoms. The van der Waals surface area contributed by atoms with Crippen molar-refractivity contribution in [1.29, 1.82) is 0 Å². The molecule has 0 aliphatic carbocycles. The van der Waals surface area contributed by atoms with Crippen LogP contribution >= 0.6 is 0 Å². The zero-order valence-electron chi connectivity index (χ0n) is 51.1. The first-order valence-corrected chi connectivity index (χ1v) is 30.3. The molecule has 88 heavy (non-hydrogen) atoms. The van der Waals surface area contributed by atoms with Crippen LogP contribution in [-0.4, -0.2) is 179 Å². The van der Waals surface area contributed by atoms with E-state index in [4.69, 9.17) is 11.5 Å². The highest BCUT2D eigenvalue weighted by molar-refractivity contribution is 5.99. The van der Waals surface area contributed by atoms with Crippen molar-refractivity contribution in [2.45, 2.75) is 154 Å². The third-order valence-electron chi connectivity index (χ3n) is 16.0. The van der Waals surface area contributed by atoms with Gasteiger partial charge in [0.15, 0.2) is 0 Å². The fourth-order valence-electron chi connectivity index (χ4n) is 11.3. The first kappa shape index (κ1) is 68.4. The second-order valence-corrected chi connectivity index (χ2v) is 23.8. The summed E-state index contributed by atoms with van der Waals surface area (Å²) in [5.41, 5.74) is 14.0. The molecule has 6 rings (SSSR count). The van der Waals surface area contributed by atoms with Crippen LogP contribution in [0.4, 0.5) is 0 Å². The molecular formula is C63H87N13O12. The third kappa shape index (κ3) is 19.4. The van der Waals surface area contributed by atoms with Crippen molar-refractivity contribution in [1.82, 2.24) is 57.2 Å². The summed E-state index contributed by atoms with van der Waals surface area (Å²) >= 11 is 0. The van der Waals surface area contributed by atoms with E-state index in [1.165, 1.54) is 14.7 Å². The van der Waals surface area contributed by atoms with Crippen LogP contribution in [0.3, 0.4) is 0 Å². The molecule has 476 valence electrons. The number of nitrogens with zero attached hydrogens (tertiary/aromatic N) is 3. The molecule has 12 N–H and O–H groups in total. The Morgan fingerprint density at radius 3 is 1.02 bits per heavy atom. The van der Waals surface area contributed by atoms with Crippen LogP contribution in [0.1, 0.15) is 96.8 Å². The molecule has 25 heteroatoms. The van der Waals surface area contributed by atoms with Gasteiger partial charge in [-0.3, -0.25) is 57.5 Å². The lowest BCUT2D eigenvalue weighted by molar-refractivity contribution is -0.142. The smallest absolute Gasteiger partial charge is 0.246 e. The van der Waals surface area contributed by atoms with Gasteiger partial charge in [-0.15, -0.1) is 0 Å². The Morgan fingerprint density at radius 2 is 0.716 bits per heavy atom. The molecule has 3 aliphatic heterocycles. The summed E-state index contributed by atoms with van der Waals surface area (Å²) in [5.74, 6) is -8.85. The van der Waals surface area contributed by atoms with Crippen molar-refractivity contribution in [3.63, 3.8) is 0 Å². The van der Waals surface area contributed by atoms with Gasteiger partial charge in [-0.05, 0) is 79.4 Å². The van der Waals surface area contributed by atoms with Gasteiger partial charge in [0, 0.05) is 32.5 Å². The molecule has 3 saturated heterocycles. The van der Waals surface area contributed by atoms with Gasteiger partial charge in [0.2, 0.25) is 70.9 Å². The van der Waals surface area contributed by atoms with Gasteiger partial charge >= 0.3 is 0 Å². The summed E-state index contributed by atoms with van der Waals surface area (Å²) in [6, 6.07) is 17.6. The summed E-state index contributed by atoms with van der Waals surface area (Å²) in [5, 5.41) is 21.3. The van der Waals surface area contributed by atoms with Crippen LogP contribution in [0, 0.1) is 17.8 Å². The summed E-state index contributed by atoms with van der Waals surface area (Å²) in [4.78, 5) is 168. The fourth-order valence-corrected chi connectivity index (χ4v) is 11.3. The number of hydrogen-bond donors (Lipinski definition) is 10. The van der Waals surface area contributed by atoms with Gasteiger partial charge in [0.05, 0.1) is 25.7 Å². The summed E-state index contributed by atoms with van der Waals surface area (Å²) in [6.45, 7) is 9.28. The van der Waals surface area contributed by atoms with E-state index in [9.17, 15) is 57.5 Å². The topological polar surface area (TPSA) is 363 Å². The van der Waals surface area contributed by atoms with Gasteiger partial charge in [0.25, 0.3) is 0 Å². The van der Waals surface area contributed by atoms with E-state index in [0.717, 1.165) is 5.56 Å². The summed E-state index contributed by atoms with van der Waals surface area (Å²) in [6.07, 6.45) is 2.66. The van der Waals surface area contributed by atoms with E-state index in [0.29, 0.717) is 43.4 Å². The van der Waals surface area contributed by atoms with Crippen LogP contribution in [0.15, 0.2) is 91.0 Å². The highest BCUT2D eigenvalue weighted by atomic mass is 16.2. The minimum absolute atomic E-state index is 0.0172. The Kier molecular flexibility index (Phi) is 25.5. The maximum absolute atomic E-state index is 14.6. The molecule has 3 aromatic carbocycles. The van der Waals surface area contributed by atoms with Crippen molar-refractivity contribution < 1.29 is 57.5 Å². The zero-order chi connectivity index (χ0) is 64.2. The van der Waals surface area contributed by atoms with Crippen LogP contribution in [0.25, 0.3) is 0 Å². The minimum Gasteiger partial charge on any atom is -0.368 e. The highest BCUT2D eigenvalue weighted by Gasteiger charge is 2.42. The molecule has 0 radical (unpaired) electrons. The number of carbonyl (C=O) groups excluding carboxylic acids is 12. The van der Waals surface area contributed by atoms with Gasteiger partial charge in [-0.2, -0.15) is 0 Å². The van der Waals surface area contributed by atoms with E-state index in [1.54, 1.807) is 102 Å². The van der Waals surface area contributed by atoms with Crippen molar-refractivity contribution in [2.75, 3.05) is 39.3 Å². The lowest BCUT2D eigenvalue weighted by Gasteiger charge is -2.31. The standard InChI is InChI=1S/C63H87N13O12/c1-37(2)52(55(65)80)71-49(77)34-66-57(82)47-26-17-29-75(47)62(87)44(32-41-21-12-8-13-22-41)69-60(85)54(39(5)6)73-51(79)36-68-58(83)48-27-18-30-76(48)63(88)45(33-42-23-14-9-15-24-42)70-59(84)53(38(3)4)72-50(78)35-67-56(81)46-25-16-28-74(46)61(86)43(64)31-40-19-10-7-11-20-40/h7-15,19-24,37-39,43-48,52-54H,16-18,25-36,64H2,1-6H3,(H2,65,80)(H,66,82)(H,67,81)(H,68,83)(H,69,85)(H,70,84)(H,71,77)(H,72,78)(H,73,79)/t43-,44-,45-,46-,47-,48-,52-,53-,54-/m0/s1. The molecule has 3 heterocycles. The van der Waals surface area contributed by atoms with Gasteiger partial charge in [-0.1, -0.05) is 133 Å². The number of carbonyl (C=O) groups is 12. The predicted octanol–water partition coefficient (Wildman–Crippen LogP) is -0.759. The highest BCUT2D eigenvalue weighted by Crippen LogP contribution is 2.23. The lowest BCUT2D eigenvalue weighted by Crippen LogP contribution is -2.59. The molecule has 0 unspecified atom stereocenters. The summed E-state index contributed by atoms with van der Waals surface area (Å²) < 4.78 is 0. The Bertz CT molecular complexity index is 2950. The average Bonchev–Trinajstić information content (AvgIpc) is 4.45. The van der Waals surface area contributed by atoms with Gasteiger partial charge in [0.1, 0.15) is 48.3 Å². The number of likely N-dealkylation sites (tertiary alicyclic amines) is 3. The molecule has 12 amide bonds. The van der Waals surface area contributed by atoms with Crippen LogP contribution in [-0.2, 0) is 76.8 Å². The molecule has 3 aliphatic rings. The van der Waals surface area contributed by atoms with E-state index >= 15 is 0 Å². The third-order valence-corrected chi connectivity index (χ3v) is 16.0. The van der Waals surface area contributed by atoms with E-state index < -0.39 is 151 Å². The van der Waals surface area contributed by atoms with Crippen molar-refractivity contribution in [3.8, 4) is 0 Å². The average molecular weight is 1220 g/mol. The van der Waals surface area contributed by atoms with Crippen molar-refractivity contribution >= 4 is 70.9 Å². The van der Waals surface area contributed by atoms with Crippen molar-refractivity contribution in [3.05, 3.63) is 108 Å². The molecule has 9 atom stereocenters. The zero-order valence-corrected chi connectivity index (χ0v) is 51.1. The molecule has 3 aromatic rings. The number of nitrogens with one attached hydrogen (secondary N) is 8. The normalized spacial score (nSPS) is 18.5. The first-order valence-electron chi connectivity index (χ1n) is 30.3. The molecule has 3 fully saturated rings. The Balaban J connectivity index is 1.05. The number of amides is 12. The Morgan fingerprint density at radius 1 is 0.420 bits per heavy atom. The second-order valence-electron chi connectivity index (χ2n) is 23.8. The maximum Gasteiger partial charge on any atom is 0.246 e. The molecule has 25 nitrogen and oxygen atoms in total. The molecule has 0 aromatic heterocycles. The van der Waals surface area contributed by atoms with Crippen molar-refractivity contribution in [2.24, 2.45) is 29.2 Å². The number of benzene rings is 3. The van der Waals surface area contributed by atoms with Gasteiger partial charge < -0.3 is 68.7 Å². The Labute approximate surface area is 513 Å². The number of rotatable bonds is 29. The second kappa shape index (κ2) is 32.8. The first-order chi connectivity index (χ1) is 41.9. The quantitative estimate of drug-likeness (QED) is 0.0409. The largest absolute Gasteiger partial charge is 0.368 e. The number of nitrogens with two attached hydrogens (primary N) is 2. The maximum atomic E-state index is 14.6. The van der Waals surface area contributed by atoms with Crippen LogP contribution in [0.2, 0.25) is 0 Å². The number of primary amides is 1. The predicted molar refractivity (Wildman–Crippen MR) is 325 cm³/mol. The van der Waals surface area contributed by atoms with Gasteiger partial charge in [-0.25, -0.2) is 0 Å². The van der Waals surface area contributed by atoms with Crippen LogP contribution < -0.4 is 54.0 Å². The monoisotopic (exact) mass is 1220 g/mol. The lowest BCUT2D eigenvalue weighted by atomic mass is 10.00. The fraction of sp³-hybridized carbons (Fsp3) is 0.524. The molecule has 0 spiro atoms. The number of hydrogen-bond acceptors (Lipinski definition) is 13. The molecule has 0 saturated carbocycles. The van der Waals surface area contributed by atoms with E-state index in [2.05, 4.69) is 42.5 Å². The summed E-state index contributed by atoms with van der Waals surface area (Å²) in [7, 11) is 0. The minimum atomic E-state index is -1.22. The SMILES string of the molecule is CC(C)[C@H](NC(=O)CNC(=O)[C@@H]1CCCN1C(=O)[C@H](Cc1ccccc1)NC(=O)[C@@H](NC(=O)CNC(=O)[C@@H]1CCCN1C(=O)[C@H](Cc1ccccc1)NC(=O)[C@@H](NC(=O)CNC(=O)[C@@H]1CCCN1C(=O)[C@@H](N)Cc1ccccc1)C(C)C)C(C)C)C(N)=O.